The largest absolute Gasteiger partial charge is 0.444 e. The Bertz CT molecular complexity index is 4140. The van der Waals surface area contributed by atoms with Crippen LogP contribution in [0.3, 0.4) is 0 Å². The monoisotopic (exact) mass is 1960 g/mol. The second-order valence-electron chi connectivity index (χ2n) is 38.7. The molecule has 0 saturated carbocycles. The van der Waals surface area contributed by atoms with Gasteiger partial charge in [0.1, 0.15) is 101 Å². The molecule has 1 saturated heterocycles. The van der Waals surface area contributed by atoms with Gasteiger partial charge in [0.05, 0.1) is 45.0 Å². The van der Waals surface area contributed by atoms with Gasteiger partial charge in [-0.1, -0.05) is 76.8 Å². The molecule has 1 aliphatic rings. The quantitative estimate of drug-likeness (QED) is 0.0306. The van der Waals surface area contributed by atoms with Crippen molar-refractivity contribution in [3.05, 3.63) is 35.9 Å². The smallest absolute Gasteiger partial charge is 0.407 e. The fraction of sp³-hybridized carbons (Fsp3) is 0.725. The van der Waals surface area contributed by atoms with E-state index in [9.17, 15) is 77.3 Å². The summed E-state index contributed by atoms with van der Waals surface area (Å²) in [6.45, 7) is 29.0. The van der Waals surface area contributed by atoms with Gasteiger partial charge in [-0.3, -0.25) is 67.1 Å². The number of aliphatic hydroxyl groups excluding tert-OH is 2. The molecule has 782 valence electrons. The molecule has 2 rings (SSSR count). The normalized spacial score (nSPS) is 18.8. The number of benzene rings is 1. The fourth-order valence-electron chi connectivity index (χ4n) is 13.0. The van der Waals surface area contributed by atoms with Crippen LogP contribution in [0.25, 0.3) is 0 Å². The first-order chi connectivity index (χ1) is 64.2. The van der Waals surface area contributed by atoms with Crippen molar-refractivity contribution in [2.45, 2.75) is 342 Å². The summed E-state index contributed by atoms with van der Waals surface area (Å²) in [6, 6.07) is -11.8. The van der Waals surface area contributed by atoms with Crippen molar-refractivity contribution in [3.8, 4) is 0 Å². The third kappa shape index (κ3) is 53.6. The first-order valence-corrected chi connectivity index (χ1v) is 46.8. The number of alkyl carbamates (subject to hydrolysis) is 5. The predicted octanol–water partition coefficient (Wildman–Crippen LogP) is 0.191. The molecule has 138 heavy (non-hydrogen) atoms. The van der Waals surface area contributed by atoms with Gasteiger partial charge in [-0.2, -0.15) is 0 Å². The Morgan fingerprint density at radius 3 is 1.30 bits per heavy atom. The van der Waals surface area contributed by atoms with Crippen molar-refractivity contribution in [3.63, 3.8) is 0 Å². The summed E-state index contributed by atoms with van der Waals surface area (Å²) in [6.07, 6.45) is -10.5. The molecule has 47 nitrogen and oxygen atoms in total. The van der Waals surface area contributed by atoms with E-state index in [0.717, 1.165) is 25.2 Å². The van der Waals surface area contributed by atoms with Gasteiger partial charge >= 0.3 is 30.5 Å². The van der Waals surface area contributed by atoms with Crippen LogP contribution in [0.4, 0.5) is 24.0 Å². The van der Waals surface area contributed by atoms with E-state index in [-0.39, 0.29) is 52.0 Å². The first kappa shape index (κ1) is 122. The van der Waals surface area contributed by atoms with E-state index in [4.69, 9.17) is 38.9 Å². The zero-order valence-corrected chi connectivity index (χ0v) is 83.9. The number of nitrogens with two attached hydrogens (primary N) is 1. The van der Waals surface area contributed by atoms with Gasteiger partial charge in [-0.05, 0) is 187 Å². The minimum atomic E-state index is -2.13. The molecule has 0 aliphatic carbocycles. The van der Waals surface area contributed by atoms with E-state index >= 15 is 24.0 Å². The Kier molecular flexibility index (Phi) is 53.6. The third-order valence-electron chi connectivity index (χ3n) is 19.5. The molecule has 19 amide bonds. The van der Waals surface area contributed by atoms with Crippen molar-refractivity contribution in [2.75, 3.05) is 78.8 Å². The number of hydrogen-bond acceptors (Lipinski definition) is 28. The molecule has 1 aliphatic heterocycles. The third-order valence-corrected chi connectivity index (χ3v) is 19.5. The maximum atomic E-state index is 15.6. The van der Waals surface area contributed by atoms with Crippen LogP contribution in [0.1, 0.15) is 234 Å². The number of hydrogen-bond donors (Lipinski definition) is 20. The molecule has 0 spiro atoms. The van der Waals surface area contributed by atoms with E-state index in [1.54, 1.807) is 155 Å². The van der Waals surface area contributed by atoms with Crippen molar-refractivity contribution < 1.29 is 134 Å². The maximum absolute atomic E-state index is 15.6. The van der Waals surface area contributed by atoms with Gasteiger partial charge in [0.2, 0.25) is 82.7 Å². The average molecular weight is 1960 g/mol. The molecule has 0 radical (unpaired) electrons. The van der Waals surface area contributed by atoms with Crippen LogP contribution in [-0.4, -0.2) is 314 Å². The van der Waals surface area contributed by atoms with Crippen LogP contribution in [0.2, 0.25) is 0 Å². The van der Waals surface area contributed by atoms with Gasteiger partial charge in [0, 0.05) is 52.3 Å². The van der Waals surface area contributed by atoms with Crippen molar-refractivity contribution in [2.24, 2.45) is 11.7 Å². The van der Waals surface area contributed by atoms with Crippen molar-refractivity contribution >= 4 is 113 Å². The lowest BCUT2D eigenvalue weighted by Gasteiger charge is -2.29. The number of ether oxygens (including phenoxy) is 7. The summed E-state index contributed by atoms with van der Waals surface area (Å²) in [5.41, 5.74) is 0.707. The van der Waals surface area contributed by atoms with Gasteiger partial charge in [-0.25, -0.2) is 24.0 Å². The van der Waals surface area contributed by atoms with Crippen molar-refractivity contribution in [1.82, 2.24) is 95.3 Å². The summed E-state index contributed by atoms with van der Waals surface area (Å²) in [5, 5.41) is 65.8. The molecule has 1 fully saturated rings. The summed E-state index contributed by atoms with van der Waals surface area (Å²) in [5.74, 6) is -15.9. The number of carbonyl (C=O) groups is 19. The second kappa shape index (κ2) is 60.7. The number of nitrogens with zero attached hydrogens (tertiary/aromatic N) is 1. The number of nitrogens with one attached hydrogen (secondary N) is 17. The SMILES string of the molecule is CCCCCC[C@H](NC(=O)CN(CC(N)=O)C(=O)CCOCCOCC)C(=O)N[C@@H](CCNC(=O)OC(C)(C)C)C(=O)N[C@H](C(=O)N[C@@H](CCNC(=O)OC(C)(C)C)C(=O)N[C@H]1CCNC(=O)[C@H]([C@@H](C)O)NC(=O)[C@H](CCNC(=O)OC(C)(C)C)NC(=O)[C@H](CCNC(=O)OC(C)(C)C)NC(=O)[C@H](CC(C)C)NC(=O)[C@@H](Cc2ccccc2)NC(=O)[C@H](CCNC(=O)OC(C)(C)C)NC1=O)[C@@H](C)O. The Morgan fingerprint density at radius 2 is 0.855 bits per heavy atom. The maximum Gasteiger partial charge on any atom is 0.407 e. The summed E-state index contributed by atoms with van der Waals surface area (Å²) >= 11 is 0. The number of unbranched alkanes of at least 4 members (excludes halogenated alkanes) is 3. The Balaban J connectivity index is 3.16. The van der Waals surface area contributed by atoms with Crippen LogP contribution in [0.5, 0.6) is 0 Å². The zero-order chi connectivity index (χ0) is 105. The summed E-state index contributed by atoms with van der Waals surface area (Å²) in [7, 11) is 0. The minimum absolute atomic E-state index is 0.0707. The highest BCUT2D eigenvalue weighted by Gasteiger charge is 2.41. The standard InChI is InChI=1S/C91H155N19O28/c1-22-24-25-29-32-57(99-67(114)52-110(51-66(92)113)68(115)39-46-133-48-47-132-23-2)71(116)102-63(38-45-98-86(131)138-91(19,20)21)77(122)109-70(55(6)112)81(126)105-61(36-43-96-84(129)136-89(13,14)15)74(119)100-58-33-40-93-80(125)69(54(5)111)108-76(121)62(37-44-97-85(130)137-90(16,17)18)103-73(118)59(34-41-94-82(127)134-87(7,8)9)104-78(123)64(49-53(3)4)106-79(124)65(50-56-30-27-26-28-31-56)107-75(120)60(101-72(58)117)35-42-95-83(128)135-88(10,11)12/h26-28,30-31,53-55,57-65,69-70,111-112H,22-25,29,32-52H2,1-21H3,(H2,92,113)(H,93,125)(H,94,127)(H,95,128)(H,96,129)(H,97,130)(H,98,131)(H,99,114)(H,100,119)(H,101,117)(H,102,116)(H,103,118)(H,104,123)(H,105,126)(H,106,124)(H,107,120)(H,108,121)(H,109,122)/t54-,55-,57+,58+,59+,60+,61+,62+,63+,64+,65-,69+,70+/m1/s1. The van der Waals surface area contributed by atoms with Crippen LogP contribution >= 0.6 is 0 Å². The Morgan fingerprint density at radius 1 is 0.449 bits per heavy atom. The Hall–Kier alpha value is -12.0. The molecule has 13 atom stereocenters. The molecule has 1 aromatic carbocycles. The van der Waals surface area contributed by atoms with Gasteiger partial charge in [0.25, 0.3) is 0 Å². The van der Waals surface area contributed by atoms with Crippen LogP contribution in [0, 0.1) is 5.92 Å². The highest BCUT2D eigenvalue weighted by atomic mass is 16.6. The van der Waals surface area contributed by atoms with Crippen molar-refractivity contribution in [1.29, 1.82) is 0 Å². The van der Waals surface area contributed by atoms with Gasteiger partial charge in [0.15, 0.2) is 0 Å². The lowest BCUT2D eigenvalue weighted by molar-refractivity contribution is -0.140. The van der Waals surface area contributed by atoms with Gasteiger partial charge < -0.3 is 144 Å². The number of aliphatic hydroxyl groups is 2. The molecule has 1 heterocycles. The fourth-order valence-corrected chi connectivity index (χ4v) is 13.0. The second-order valence-corrected chi connectivity index (χ2v) is 38.7. The molecule has 1 aromatic rings. The highest BCUT2D eigenvalue weighted by Crippen LogP contribution is 2.18. The van der Waals surface area contributed by atoms with E-state index in [0.29, 0.717) is 31.4 Å². The molecule has 0 bridgehead atoms. The number of amides is 19. The number of carbonyl (C=O) groups excluding carboxylic acids is 19. The lowest BCUT2D eigenvalue weighted by atomic mass is 10.00. The van der Waals surface area contributed by atoms with Gasteiger partial charge in [-0.15, -0.1) is 0 Å². The van der Waals surface area contributed by atoms with Crippen LogP contribution < -0.4 is 96.1 Å². The minimum Gasteiger partial charge on any atom is -0.444 e. The summed E-state index contributed by atoms with van der Waals surface area (Å²) < 4.78 is 37.8. The first-order valence-electron chi connectivity index (χ1n) is 46.8. The molecule has 0 unspecified atom stereocenters. The molecule has 0 aromatic heterocycles. The number of primary amides is 1. The molecule has 47 heteroatoms. The lowest BCUT2D eigenvalue weighted by Crippen LogP contribution is -2.62. The van der Waals surface area contributed by atoms with E-state index in [1.807, 2.05) is 6.92 Å². The zero-order valence-electron chi connectivity index (χ0n) is 83.9. The van der Waals surface area contributed by atoms with Crippen LogP contribution in [0.15, 0.2) is 30.3 Å². The van der Waals surface area contributed by atoms with E-state index in [2.05, 4.69) is 90.4 Å². The molecular weight excluding hydrogens is 1810 g/mol. The average Bonchev–Trinajstić information content (AvgIpc) is 0.957. The topological polar surface area (TPSA) is 663 Å². The predicted molar refractivity (Wildman–Crippen MR) is 503 cm³/mol. The highest BCUT2D eigenvalue weighted by molar-refractivity contribution is 6.00. The molecular formula is C91H155N19O28. The summed E-state index contributed by atoms with van der Waals surface area (Å²) in [4.78, 5) is 272. The van der Waals surface area contributed by atoms with E-state index < -0.39 is 310 Å². The van der Waals surface area contributed by atoms with Crippen LogP contribution in [-0.2, 0) is 107 Å². The number of rotatable bonds is 46. The Labute approximate surface area is 807 Å². The molecule has 21 N–H and O–H groups in total. The van der Waals surface area contributed by atoms with E-state index in [1.165, 1.54) is 0 Å².